The number of hydrogen-bond acceptors (Lipinski definition) is 5. The van der Waals surface area contributed by atoms with Crippen LogP contribution in [0.3, 0.4) is 0 Å². The highest BCUT2D eigenvalue weighted by Crippen LogP contribution is 2.20. The average Bonchev–Trinajstić information content (AvgIpc) is 2.74. The van der Waals surface area contributed by atoms with E-state index >= 15 is 0 Å². The third kappa shape index (κ3) is 5.91. The number of carbonyl (C=O) groups excluding carboxylic acids is 1. The molecule has 0 saturated carbocycles. The molecule has 170 valence electrons. The Morgan fingerprint density at radius 1 is 1.03 bits per heavy atom. The van der Waals surface area contributed by atoms with E-state index in [2.05, 4.69) is 5.32 Å². The summed E-state index contributed by atoms with van der Waals surface area (Å²) in [4.78, 5) is 14.2. The van der Waals surface area contributed by atoms with Gasteiger partial charge in [0.15, 0.2) is 0 Å². The van der Waals surface area contributed by atoms with E-state index in [-0.39, 0.29) is 23.8 Å². The molecule has 1 amide bonds. The van der Waals surface area contributed by atoms with Crippen LogP contribution in [-0.4, -0.2) is 69.9 Å². The Morgan fingerprint density at radius 2 is 1.61 bits per heavy atom. The molecule has 11 heteroatoms. The number of benzene rings is 2. The van der Waals surface area contributed by atoms with E-state index in [1.807, 2.05) is 4.90 Å². The van der Waals surface area contributed by atoms with Gasteiger partial charge in [0.05, 0.1) is 12.0 Å². The molecule has 0 aromatic heterocycles. The molecule has 3 rings (SSSR count). The number of hydrogen-bond donors (Lipinski definition) is 1. The molecule has 2 aromatic carbocycles. The molecule has 0 radical (unpaired) electrons. The molecular formula is C20H24ClF2N3O4S. The van der Waals surface area contributed by atoms with Crippen molar-refractivity contribution in [3.8, 4) is 5.75 Å². The lowest BCUT2D eigenvalue weighted by atomic mass is 10.2. The molecule has 1 aliphatic heterocycles. The normalized spacial score (nSPS) is 15.2. The highest BCUT2D eigenvalue weighted by Gasteiger charge is 2.28. The van der Waals surface area contributed by atoms with Crippen molar-refractivity contribution < 1.29 is 26.7 Å². The predicted octanol–water partition coefficient (Wildman–Crippen LogP) is 2.13. The van der Waals surface area contributed by atoms with Crippen LogP contribution in [0.4, 0.5) is 8.78 Å². The number of carbonyl (C=O) groups is 1. The second kappa shape index (κ2) is 10.9. The Balaban J connectivity index is 0.00000341. The fourth-order valence-corrected chi connectivity index (χ4v) is 4.64. The van der Waals surface area contributed by atoms with Crippen molar-refractivity contribution >= 4 is 28.3 Å². The van der Waals surface area contributed by atoms with Crippen molar-refractivity contribution in [2.24, 2.45) is 0 Å². The Bertz CT molecular complexity index is 978. The zero-order chi connectivity index (χ0) is 21.7. The maximum Gasteiger partial charge on any atom is 0.257 e. The fraction of sp³-hybridized carbons (Fsp3) is 0.350. The summed E-state index contributed by atoms with van der Waals surface area (Å²) in [6, 6.07) is 9.48. The number of rotatable bonds is 7. The number of nitrogens with one attached hydrogen (secondary N) is 1. The number of amides is 1. The van der Waals surface area contributed by atoms with E-state index in [0.717, 1.165) is 12.1 Å². The summed E-state index contributed by atoms with van der Waals surface area (Å²) in [7, 11) is -2.08. The molecule has 0 unspecified atom stereocenters. The van der Waals surface area contributed by atoms with E-state index in [0.29, 0.717) is 38.5 Å². The molecule has 0 spiro atoms. The zero-order valence-electron chi connectivity index (χ0n) is 16.9. The van der Waals surface area contributed by atoms with Gasteiger partial charge >= 0.3 is 0 Å². The molecule has 31 heavy (non-hydrogen) atoms. The minimum atomic E-state index is -3.59. The van der Waals surface area contributed by atoms with Gasteiger partial charge in [0.1, 0.15) is 22.9 Å². The second-order valence-electron chi connectivity index (χ2n) is 6.77. The maximum absolute atomic E-state index is 13.6. The van der Waals surface area contributed by atoms with Gasteiger partial charge in [-0.15, -0.1) is 12.4 Å². The highest BCUT2D eigenvalue weighted by molar-refractivity contribution is 7.89. The minimum Gasteiger partial charge on any atom is -0.497 e. The molecule has 1 saturated heterocycles. The van der Waals surface area contributed by atoms with Crippen molar-refractivity contribution in [2.45, 2.75) is 4.90 Å². The van der Waals surface area contributed by atoms with Gasteiger partial charge in [0, 0.05) is 39.3 Å². The van der Waals surface area contributed by atoms with E-state index in [4.69, 9.17) is 4.74 Å². The summed E-state index contributed by atoms with van der Waals surface area (Å²) in [6.45, 7) is 2.23. The van der Waals surface area contributed by atoms with Crippen LogP contribution in [0.25, 0.3) is 0 Å². The smallest absolute Gasteiger partial charge is 0.257 e. The molecule has 1 fully saturated rings. The number of piperazine rings is 1. The molecule has 0 aliphatic carbocycles. The monoisotopic (exact) mass is 475 g/mol. The Labute approximate surface area is 186 Å². The molecule has 1 aliphatic rings. The van der Waals surface area contributed by atoms with Crippen LogP contribution in [-0.2, 0) is 10.0 Å². The van der Waals surface area contributed by atoms with Gasteiger partial charge in [-0.2, -0.15) is 4.31 Å². The van der Waals surface area contributed by atoms with Crippen LogP contribution in [0, 0.1) is 11.6 Å². The Hall–Kier alpha value is -2.27. The molecule has 2 aromatic rings. The number of halogens is 3. The summed E-state index contributed by atoms with van der Waals surface area (Å²) in [5.74, 6) is -2.06. The average molecular weight is 476 g/mol. The number of nitrogens with zero attached hydrogens (tertiary/aromatic N) is 2. The van der Waals surface area contributed by atoms with Gasteiger partial charge in [0.25, 0.3) is 5.91 Å². The van der Waals surface area contributed by atoms with Crippen LogP contribution in [0.15, 0.2) is 47.4 Å². The van der Waals surface area contributed by atoms with Crippen LogP contribution in [0.1, 0.15) is 10.4 Å². The van der Waals surface area contributed by atoms with Gasteiger partial charge in [-0.3, -0.25) is 9.69 Å². The Morgan fingerprint density at radius 3 is 2.16 bits per heavy atom. The lowest BCUT2D eigenvalue weighted by Gasteiger charge is -2.34. The highest BCUT2D eigenvalue weighted by atomic mass is 35.5. The van der Waals surface area contributed by atoms with Crippen LogP contribution in [0.5, 0.6) is 5.75 Å². The standard InChI is InChI=1S/C20H23F2N3O4S.ClH/c1-29-15-5-7-16(8-6-15)30(27,28)25-13-11-24(12-14-25)10-9-23-20(26)19-17(21)3-2-4-18(19)22;/h2-8H,9-14H2,1H3,(H,23,26);1H. The van der Waals surface area contributed by atoms with E-state index in [1.165, 1.54) is 29.6 Å². The van der Waals surface area contributed by atoms with Gasteiger partial charge in [0.2, 0.25) is 10.0 Å². The van der Waals surface area contributed by atoms with Crippen molar-refractivity contribution in [1.29, 1.82) is 0 Å². The van der Waals surface area contributed by atoms with Crippen molar-refractivity contribution in [1.82, 2.24) is 14.5 Å². The number of methoxy groups -OCH3 is 1. The first-order chi connectivity index (χ1) is 14.3. The van der Waals surface area contributed by atoms with Crippen LogP contribution in [0.2, 0.25) is 0 Å². The summed E-state index contributed by atoms with van der Waals surface area (Å²) < 4.78 is 59.3. The van der Waals surface area contributed by atoms with Gasteiger partial charge < -0.3 is 10.1 Å². The van der Waals surface area contributed by atoms with Gasteiger partial charge in [-0.1, -0.05) is 6.07 Å². The van der Waals surface area contributed by atoms with E-state index < -0.39 is 33.1 Å². The third-order valence-corrected chi connectivity index (χ3v) is 6.84. The van der Waals surface area contributed by atoms with Crippen molar-refractivity contribution in [3.05, 3.63) is 59.7 Å². The predicted molar refractivity (Wildman–Crippen MR) is 114 cm³/mol. The first kappa shape index (κ1) is 25.0. The first-order valence-corrected chi connectivity index (χ1v) is 10.9. The summed E-state index contributed by atoms with van der Waals surface area (Å²) in [5, 5.41) is 2.50. The topological polar surface area (TPSA) is 79.0 Å². The van der Waals surface area contributed by atoms with Crippen molar-refractivity contribution in [3.63, 3.8) is 0 Å². The van der Waals surface area contributed by atoms with Crippen molar-refractivity contribution in [2.75, 3.05) is 46.4 Å². The number of sulfonamides is 1. The van der Waals surface area contributed by atoms with Crippen LogP contribution >= 0.6 is 12.4 Å². The fourth-order valence-electron chi connectivity index (χ4n) is 3.22. The number of ether oxygens (including phenoxy) is 1. The summed E-state index contributed by atoms with van der Waals surface area (Å²) >= 11 is 0. The lowest BCUT2D eigenvalue weighted by Crippen LogP contribution is -2.50. The Kier molecular flexibility index (Phi) is 8.75. The SMILES string of the molecule is COc1ccc(S(=O)(=O)N2CCN(CCNC(=O)c3c(F)cccc3F)CC2)cc1.Cl. The molecule has 1 heterocycles. The summed E-state index contributed by atoms with van der Waals surface area (Å²) in [5.41, 5.74) is -0.604. The van der Waals surface area contributed by atoms with Gasteiger partial charge in [-0.05, 0) is 36.4 Å². The molecule has 0 atom stereocenters. The van der Waals surface area contributed by atoms with Crippen LogP contribution < -0.4 is 10.1 Å². The van der Waals surface area contributed by atoms with Gasteiger partial charge in [-0.25, -0.2) is 17.2 Å². The molecular weight excluding hydrogens is 452 g/mol. The zero-order valence-corrected chi connectivity index (χ0v) is 18.5. The molecule has 0 bridgehead atoms. The second-order valence-corrected chi connectivity index (χ2v) is 8.71. The molecule has 7 nitrogen and oxygen atoms in total. The summed E-state index contributed by atoms with van der Waals surface area (Å²) in [6.07, 6.45) is 0. The third-order valence-electron chi connectivity index (χ3n) is 4.93. The first-order valence-electron chi connectivity index (χ1n) is 9.41. The minimum absolute atomic E-state index is 0. The largest absolute Gasteiger partial charge is 0.497 e. The molecule has 1 N–H and O–H groups in total. The quantitative estimate of drug-likeness (QED) is 0.663. The van der Waals surface area contributed by atoms with E-state index in [1.54, 1.807) is 12.1 Å². The van der Waals surface area contributed by atoms with E-state index in [9.17, 15) is 22.0 Å². The maximum atomic E-state index is 13.6. The lowest BCUT2D eigenvalue weighted by molar-refractivity contribution is 0.0936.